The number of hydrogen-bond acceptors (Lipinski definition) is 9. The highest BCUT2D eigenvalue weighted by Crippen LogP contribution is 2.46. The number of halogens is 3. The van der Waals surface area contributed by atoms with Gasteiger partial charge >= 0.3 is 11.9 Å². The number of benzene rings is 3. The third kappa shape index (κ3) is 10.2. The van der Waals surface area contributed by atoms with Gasteiger partial charge in [-0.25, -0.2) is 4.79 Å². The molecule has 0 bridgehead atoms. The largest absolute Gasteiger partial charge is 0.497 e. The molecule has 0 spiro atoms. The van der Waals surface area contributed by atoms with Crippen LogP contribution in [0, 0.1) is 11.3 Å². The van der Waals surface area contributed by atoms with Crippen LogP contribution >= 0.6 is 0 Å². The van der Waals surface area contributed by atoms with E-state index in [0.29, 0.717) is 80.5 Å². The van der Waals surface area contributed by atoms with Crippen LogP contribution in [-0.4, -0.2) is 119 Å². The van der Waals surface area contributed by atoms with Crippen LogP contribution in [0.4, 0.5) is 18.9 Å². The van der Waals surface area contributed by atoms with Gasteiger partial charge in [-0.3, -0.25) is 38.6 Å². The summed E-state index contributed by atoms with van der Waals surface area (Å²) in [6.45, 7) is 12.7. The molecule has 5 heterocycles. The Morgan fingerprint density at radius 3 is 2.33 bits per heavy atom. The fraction of sp³-hybridized carbons (Fsp3) is 0.556. The van der Waals surface area contributed by atoms with Crippen molar-refractivity contribution < 1.29 is 37.0 Å². The number of hydrogen-bond donors (Lipinski definition) is 2. The molecule has 2 N–H and O–H groups in total. The molecular weight excluding hydrogens is 900 g/mol. The van der Waals surface area contributed by atoms with Crippen molar-refractivity contribution >= 4 is 40.0 Å². The van der Waals surface area contributed by atoms with E-state index in [1.54, 1.807) is 23.8 Å². The lowest BCUT2D eigenvalue weighted by atomic mass is 9.67. The normalized spacial score (nSPS) is 23.3. The van der Waals surface area contributed by atoms with E-state index in [9.17, 15) is 32.3 Å². The number of methoxy groups -OCH3 is 1. The van der Waals surface area contributed by atoms with E-state index in [0.717, 1.165) is 74.2 Å². The molecule has 3 atom stereocenters. The van der Waals surface area contributed by atoms with Crippen LogP contribution < -0.4 is 21.1 Å². The molecule has 3 aromatic carbocycles. The number of alkyl halides is 3. The smallest absolute Gasteiger partial charge is 0.395 e. The second-order valence-corrected chi connectivity index (χ2v) is 21.6. The molecule has 70 heavy (non-hydrogen) atoms. The van der Waals surface area contributed by atoms with Crippen molar-refractivity contribution in [1.29, 1.82) is 0 Å². The van der Waals surface area contributed by atoms with Crippen LogP contribution in [0.1, 0.15) is 112 Å². The minimum Gasteiger partial charge on any atom is -0.497 e. The first-order valence-electron chi connectivity index (χ1n) is 25.1. The van der Waals surface area contributed by atoms with Crippen molar-refractivity contribution in [3.8, 4) is 5.75 Å². The third-order valence-corrected chi connectivity index (χ3v) is 15.8. The zero-order valence-electron chi connectivity index (χ0n) is 41.3. The van der Waals surface area contributed by atoms with Crippen molar-refractivity contribution in [2.75, 3.05) is 71.4 Å². The molecule has 13 nitrogen and oxygen atoms in total. The number of imidazole rings is 1. The van der Waals surface area contributed by atoms with Gasteiger partial charge in [0.2, 0.25) is 11.8 Å². The van der Waals surface area contributed by atoms with Crippen molar-refractivity contribution in [3.63, 3.8) is 0 Å². The summed E-state index contributed by atoms with van der Waals surface area (Å²) in [5.41, 5.74) is 4.06. The summed E-state index contributed by atoms with van der Waals surface area (Å²) in [6.07, 6.45) is 3.59. The molecule has 3 fully saturated rings. The topological polar surface area (TPSA) is 130 Å². The quantitative estimate of drug-likeness (QED) is 0.120. The Kier molecular flexibility index (Phi) is 13.9. The summed E-state index contributed by atoms with van der Waals surface area (Å²) < 4.78 is 57.9. The number of piperazine rings is 1. The predicted octanol–water partition coefficient (Wildman–Crippen LogP) is 8.16. The van der Waals surface area contributed by atoms with Crippen LogP contribution in [0.5, 0.6) is 5.75 Å². The van der Waals surface area contributed by atoms with Crippen LogP contribution in [0.3, 0.4) is 0 Å². The van der Waals surface area contributed by atoms with Gasteiger partial charge in [0.05, 0.1) is 40.4 Å². The predicted molar refractivity (Wildman–Crippen MR) is 264 cm³/mol. The number of aromatic nitrogens is 2. The number of rotatable bonds is 14. The lowest BCUT2D eigenvalue weighted by molar-refractivity contribution is -0.217. The Balaban J connectivity index is 0.807. The van der Waals surface area contributed by atoms with Gasteiger partial charge < -0.3 is 19.7 Å². The van der Waals surface area contributed by atoms with Gasteiger partial charge in [0.1, 0.15) is 11.8 Å². The standard InChI is InChI=1S/C54H68F3N7O6/c1-51(2,54(55,56)57)35-61(25-22-53(23-31-70-52(3,4)34-53)40-14-16-41(69-5)17-15-40)33-37-8-12-39(13-9-37)38-10-6-36(7-11-38)32-60-27-29-62(30-28-60)49(67)42-18-19-43-47-46(42)58-24-26-63(47)50(68)64(43)44-20-21-45(65)59-48(44)66/h8-10,12-19,36,44,58H,6-7,11,20-35H2,1-5H3,(H,59,65,66)/t36-,44?,53+/m0/s1. The van der Waals surface area contributed by atoms with Gasteiger partial charge in [0, 0.05) is 77.3 Å². The minimum absolute atomic E-state index is 0.0926. The number of piperidine rings is 1. The van der Waals surface area contributed by atoms with Crippen LogP contribution in [-0.2, 0) is 32.8 Å². The average Bonchev–Trinajstić information content (AvgIpc) is 3.62. The number of allylic oxidation sites excluding steroid dienone is 2. The molecule has 1 unspecified atom stereocenters. The lowest BCUT2D eigenvalue weighted by Crippen LogP contribution is -2.50. The van der Waals surface area contributed by atoms with Gasteiger partial charge in [0.25, 0.3) is 5.91 Å². The number of amides is 3. The van der Waals surface area contributed by atoms with Gasteiger partial charge in [-0.1, -0.05) is 42.5 Å². The number of imide groups is 1. The fourth-order valence-corrected chi connectivity index (χ4v) is 11.8. The van der Waals surface area contributed by atoms with E-state index in [4.69, 9.17) is 9.47 Å². The summed E-state index contributed by atoms with van der Waals surface area (Å²) in [7, 11) is 1.64. The van der Waals surface area contributed by atoms with E-state index in [2.05, 4.69) is 71.9 Å². The summed E-state index contributed by atoms with van der Waals surface area (Å²) >= 11 is 0. The van der Waals surface area contributed by atoms with E-state index in [-0.39, 0.29) is 47.9 Å². The summed E-state index contributed by atoms with van der Waals surface area (Å²) in [4.78, 5) is 58.6. The first-order valence-corrected chi connectivity index (χ1v) is 25.1. The van der Waals surface area contributed by atoms with Crippen LogP contribution in [0.15, 0.2) is 71.5 Å². The summed E-state index contributed by atoms with van der Waals surface area (Å²) in [6, 6.07) is 19.2. The zero-order chi connectivity index (χ0) is 49.6. The Morgan fingerprint density at radius 1 is 0.929 bits per heavy atom. The zero-order valence-corrected chi connectivity index (χ0v) is 41.3. The van der Waals surface area contributed by atoms with Gasteiger partial charge in [-0.05, 0) is 132 Å². The Labute approximate surface area is 408 Å². The van der Waals surface area contributed by atoms with E-state index in [1.807, 2.05) is 21.9 Å². The molecule has 16 heteroatoms. The Hall–Kier alpha value is -5.45. The number of ether oxygens (including phenoxy) is 2. The highest BCUT2D eigenvalue weighted by Gasteiger charge is 2.49. The first kappa shape index (κ1) is 49.5. The molecule has 3 saturated heterocycles. The second kappa shape index (κ2) is 19.6. The highest BCUT2D eigenvalue weighted by atomic mass is 19.4. The Morgan fingerprint density at radius 2 is 1.67 bits per heavy atom. The number of carbonyl (C=O) groups excluding carboxylic acids is 3. The van der Waals surface area contributed by atoms with Crippen molar-refractivity contribution in [2.45, 2.75) is 115 Å². The molecule has 9 rings (SSSR count). The maximum absolute atomic E-state index is 14.4. The van der Waals surface area contributed by atoms with Crippen LogP contribution in [0.25, 0.3) is 16.6 Å². The molecule has 1 aromatic heterocycles. The maximum Gasteiger partial charge on any atom is 0.395 e. The maximum atomic E-state index is 14.4. The average molecular weight is 968 g/mol. The van der Waals surface area contributed by atoms with Gasteiger partial charge in [-0.15, -0.1) is 0 Å². The van der Waals surface area contributed by atoms with Gasteiger partial charge in [-0.2, -0.15) is 13.2 Å². The molecule has 4 aromatic rings. The minimum atomic E-state index is -4.35. The van der Waals surface area contributed by atoms with E-state index in [1.165, 1.54) is 24.0 Å². The SMILES string of the molecule is COc1ccc([C@]2(CCN(Cc3ccc(C4=CC[C@H](CN5CCN(C(=O)c6ccc7c8c6NCCn8c(=O)n7C6CCC(=O)NC6=O)CC5)CC4)cc3)CC(C)(C)C(F)(F)F)CCOC(C)(C)C2)cc1. The van der Waals surface area contributed by atoms with Crippen molar-refractivity contribution in [2.24, 2.45) is 11.3 Å². The molecule has 376 valence electrons. The monoisotopic (exact) mass is 968 g/mol. The number of nitrogens with zero attached hydrogens (tertiary/aromatic N) is 5. The second-order valence-electron chi connectivity index (χ2n) is 21.6. The lowest BCUT2D eigenvalue weighted by Gasteiger charge is -2.46. The molecule has 0 saturated carbocycles. The number of carbonyl (C=O) groups is 3. The number of nitrogens with one attached hydrogen (secondary N) is 2. The van der Waals surface area contributed by atoms with E-state index >= 15 is 0 Å². The first-order chi connectivity index (χ1) is 33.3. The van der Waals surface area contributed by atoms with E-state index < -0.39 is 23.5 Å². The molecule has 4 aliphatic heterocycles. The summed E-state index contributed by atoms with van der Waals surface area (Å²) in [5, 5.41) is 5.73. The molecular formula is C54H68F3N7O6. The number of anilines is 1. The van der Waals surface area contributed by atoms with Crippen LogP contribution in [0.2, 0.25) is 0 Å². The van der Waals surface area contributed by atoms with Gasteiger partial charge in [0.15, 0.2) is 0 Å². The summed E-state index contributed by atoms with van der Waals surface area (Å²) in [5.74, 6) is 0.330. The Bertz CT molecular complexity index is 2680. The molecule has 1 aliphatic carbocycles. The molecule has 5 aliphatic rings. The molecule has 3 amide bonds. The molecule has 0 radical (unpaired) electrons. The van der Waals surface area contributed by atoms with Crippen molar-refractivity contribution in [1.82, 2.24) is 29.2 Å². The third-order valence-electron chi connectivity index (χ3n) is 15.8. The highest BCUT2D eigenvalue weighted by molar-refractivity contribution is 6.08. The fourth-order valence-electron chi connectivity index (χ4n) is 11.8. The van der Waals surface area contributed by atoms with Crippen molar-refractivity contribution in [3.05, 3.63) is 99.5 Å².